The maximum Gasteiger partial charge on any atom is 0.255 e. The second-order valence-corrected chi connectivity index (χ2v) is 7.25. The molecule has 3 amide bonds. The van der Waals surface area contributed by atoms with Gasteiger partial charge in [-0.15, -0.1) is 0 Å². The zero-order chi connectivity index (χ0) is 19.2. The molecular weight excluding hydrogens is 346 g/mol. The average molecular weight is 373 g/mol. The zero-order valence-electron chi connectivity index (χ0n) is 15.5. The van der Waals surface area contributed by atoms with Crippen LogP contribution >= 0.6 is 0 Å². The second-order valence-electron chi connectivity index (χ2n) is 7.25. The van der Waals surface area contributed by atoms with Crippen LogP contribution in [0, 0.1) is 5.92 Å². The predicted molar refractivity (Wildman–Crippen MR) is 101 cm³/mol. The highest BCUT2D eigenvalue weighted by atomic mass is 16.2. The highest BCUT2D eigenvalue weighted by molar-refractivity contribution is 5.94. The van der Waals surface area contributed by atoms with Gasteiger partial charge < -0.3 is 20.9 Å². The molecule has 2 saturated heterocycles. The van der Waals surface area contributed by atoms with Crippen LogP contribution in [-0.4, -0.2) is 65.2 Å². The lowest BCUT2D eigenvalue weighted by molar-refractivity contribution is -0.128. The molecular formula is C19H27N5O3. The van der Waals surface area contributed by atoms with Crippen molar-refractivity contribution in [3.05, 3.63) is 23.9 Å². The Morgan fingerprint density at radius 1 is 1.22 bits per heavy atom. The van der Waals surface area contributed by atoms with Crippen molar-refractivity contribution in [3.63, 3.8) is 0 Å². The van der Waals surface area contributed by atoms with Crippen LogP contribution in [0.25, 0.3) is 0 Å². The number of nitrogens with two attached hydrogens (primary N) is 1. The van der Waals surface area contributed by atoms with Gasteiger partial charge in [-0.2, -0.15) is 0 Å². The molecule has 2 aliphatic heterocycles. The molecule has 0 atom stereocenters. The van der Waals surface area contributed by atoms with Crippen LogP contribution in [0.1, 0.15) is 42.5 Å². The first-order valence-electron chi connectivity index (χ1n) is 9.58. The Hall–Kier alpha value is -2.64. The van der Waals surface area contributed by atoms with Crippen LogP contribution in [0.3, 0.4) is 0 Å². The fourth-order valence-corrected chi connectivity index (χ4v) is 3.65. The number of likely N-dealkylation sites (tertiary alicyclic amines) is 2. The second kappa shape index (κ2) is 8.83. The van der Waals surface area contributed by atoms with Crippen LogP contribution in [0.15, 0.2) is 18.3 Å². The van der Waals surface area contributed by atoms with E-state index < -0.39 is 0 Å². The van der Waals surface area contributed by atoms with Gasteiger partial charge in [-0.25, -0.2) is 4.98 Å². The minimum atomic E-state index is -0.369. The topological polar surface area (TPSA) is 109 Å². The molecule has 8 nitrogen and oxygen atoms in total. The fraction of sp³-hybridized carbons (Fsp3) is 0.579. The third kappa shape index (κ3) is 5.18. The SMILES string of the molecule is NC(=O)CCNc1ccc(C(=O)N2CCC(CN3CCCC3=O)CC2)cn1. The first-order chi connectivity index (χ1) is 13.0. The van der Waals surface area contributed by atoms with Crippen LogP contribution in [-0.2, 0) is 9.59 Å². The highest BCUT2D eigenvalue weighted by Crippen LogP contribution is 2.22. The van der Waals surface area contributed by atoms with Crippen molar-refractivity contribution in [3.8, 4) is 0 Å². The third-order valence-corrected chi connectivity index (χ3v) is 5.24. The molecule has 146 valence electrons. The van der Waals surface area contributed by atoms with Crippen molar-refractivity contribution >= 4 is 23.5 Å². The molecule has 2 aliphatic rings. The largest absolute Gasteiger partial charge is 0.370 e. The van der Waals surface area contributed by atoms with E-state index in [2.05, 4.69) is 10.3 Å². The van der Waals surface area contributed by atoms with Gasteiger partial charge in [-0.1, -0.05) is 0 Å². The van der Waals surface area contributed by atoms with Gasteiger partial charge >= 0.3 is 0 Å². The van der Waals surface area contributed by atoms with E-state index in [1.165, 1.54) is 0 Å². The maximum absolute atomic E-state index is 12.7. The lowest BCUT2D eigenvalue weighted by Gasteiger charge is -2.34. The molecule has 3 N–H and O–H groups in total. The molecule has 3 rings (SSSR count). The van der Waals surface area contributed by atoms with Crippen molar-refractivity contribution in [2.45, 2.75) is 32.1 Å². The summed E-state index contributed by atoms with van der Waals surface area (Å²) in [4.78, 5) is 43.2. The van der Waals surface area contributed by atoms with E-state index in [9.17, 15) is 14.4 Å². The van der Waals surface area contributed by atoms with E-state index in [1.54, 1.807) is 18.3 Å². The minimum absolute atomic E-state index is 0.0121. The van der Waals surface area contributed by atoms with Gasteiger partial charge in [0.05, 0.1) is 5.56 Å². The lowest BCUT2D eigenvalue weighted by Crippen LogP contribution is -2.41. The number of carbonyl (C=O) groups is 3. The Bertz CT molecular complexity index is 683. The van der Waals surface area contributed by atoms with Gasteiger partial charge in [0.2, 0.25) is 11.8 Å². The zero-order valence-corrected chi connectivity index (χ0v) is 15.5. The van der Waals surface area contributed by atoms with Gasteiger partial charge in [0.25, 0.3) is 5.91 Å². The predicted octanol–water partition coefficient (Wildman–Crippen LogP) is 0.843. The number of nitrogens with one attached hydrogen (secondary N) is 1. The lowest BCUT2D eigenvalue weighted by atomic mass is 9.96. The van der Waals surface area contributed by atoms with E-state index in [4.69, 9.17) is 5.73 Å². The molecule has 0 aromatic carbocycles. The minimum Gasteiger partial charge on any atom is -0.370 e. The fourth-order valence-electron chi connectivity index (χ4n) is 3.65. The van der Waals surface area contributed by atoms with E-state index in [0.717, 1.165) is 32.4 Å². The quantitative estimate of drug-likeness (QED) is 0.736. The number of rotatable bonds is 7. The number of piperidine rings is 1. The number of amides is 3. The molecule has 1 aromatic rings. The van der Waals surface area contributed by atoms with Crippen LogP contribution < -0.4 is 11.1 Å². The summed E-state index contributed by atoms with van der Waals surface area (Å²) >= 11 is 0. The summed E-state index contributed by atoms with van der Waals surface area (Å²) in [7, 11) is 0. The van der Waals surface area contributed by atoms with Crippen LogP contribution in [0.2, 0.25) is 0 Å². The molecule has 8 heteroatoms. The molecule has 0 aliphatic carbocycles. The van der Waals surface area contributed by atoms with Crippen molar-refractivity contribution in [1.29, 1.82) is 0 Å². The Morgan fingerprint density at radius 3 is 2.59 bits per heavy atom. The van der Waals surface area contributed by atoms with Gasteiger partial charge in [0.1, 0.15) is 5.82 Å². The summed E-state index contributed by atoms with van der Waals surface area (Å²) in [5.41, 5.74) is 5.66. The number of aromatic nitrogens is 1. The molecule has 0 saturated carbocycles. The maximum atomic E-state index is 12.7. The Morgan fingerprint density at radius 2 is 2.00 bits per heavy atom. The number of anilines is 1. The first kappa shape index (κ1) is 19.1. The summed E-state index contributed by atoms with van der Waals surface area (Å²) in [5.74, 6) is 0.977. The molecule has 0 spiro atoms. The molecule has 3 heterocycles. The Labute approximate surface area is 159 Å². The highest BCUT2D eigenvalue weighted by Gasteiger charge is 2.28. The van der Waals surface area contributed by atoms with Crippen molar-refractivity contribution < 1.29 is 14.4 Å². The van der Waals surface area contributed by atoms with Crippen LogP contribution in [0.5, 0.6) is 0 Å². The molecule has 0 bridgehead atoms. The van der Waals surface area contributed by atoms with Crippen LogP contribution in [0.4, 0.5) is 5.82 Å². The summed E-state index contributed by atoms with van der Waals surface area (Å²) in [6.07, 6.45) is 5.30. The molecule has 27 heavy (non-hydrogen) atoms. The van der Waals surface area contributed by atoms with Gasteiger partial charge in [0, 0.05) is 51.8 Å². The molecule has 2 fully saturated rings. The number of hydrogen-bond donors (Lipinski definition) is 2. The number of carbonyl (C=O) groups excluding carboxylic acids is 3. The summed E-state index contributed by atoms with van der Waals surface area (Å²) in [5, 5.41) is 3.00. The molecule has 0 radical (unpaired) electrons. The summed E-state index contributed by atoms with van der Waals surface area (Å²) in [6, 6.07) is 3.48. The third-order valence-electron chi connectivity index (χ3n) is 5.24. The first-order valence-corrected chi connectivity index (χ1v) is 9.58. The Kier molecular flexibility index (Phi) is 6.26. The van der Waals surface area contributed by atoms with Crippen molar-refractivity contribution in [1.82, 2.24) is 14.8 Å². The number of primary amides is 1. The van der Waals surface area contributed by atoms with Gasteiger partial charge in [0.15, 0.2) is 0 Å². The van der Waals surface area contributed by atoms with E-state index in [1.807, 2.05) is 9.80 Å². The summed E-state index contributed by atoms with van der Waals surface area (Å²) in [6.45, 7) is 3.55. The number of nitrogens with zero attached hydrogens (tertiary/aromatic N) is 3. The van der Waals surface area contributed by atoms with E-state index in [0.29, 0.717) is 43.4 Å². The smallest absolute Gasteiger partial charge is 0.255 e. The molecule has 0 unspecified atom stereocenters. The monoisotopic (exact) mass is 373 g/mol. The van der Waals surface area contributed by atoms with Gasteiger partial charge in [-0.3, -0.25) is 14.4 Å². The average Bonchev–Trinajstić information content (AvgIpc) is 3.07. The Balaban J connectivity index is 1.45. The molecule has 1 aromatic heterocycles. The van der Waals surface area contributed by atoms with E-state index >= 15 is 0 Å². The van der Waals surface area contributed by atoms with E-state index in [-0.39, 0.29) is 24.1 Å². The normalized spacial score (nSPS) is 18.0. The number of hydrogen-bond acceptors (Lipinski definition) is 5. The standard InChI is InChI=1S/C19H27N5O3/c20-16(25)5-8-21-17-4-3-15(12-22-17)19(27)23-10-6-14(7-11-23)13-24-9-1-2-18(24)26/h3-4,12,14H,1-2,5-11,13H2,(H2,20,25)(H,21,22). The van der Waals surface area contributed by atoms with Crippen molar-refractivity contribution in [2.24, 2.45) is 11.7 Å². The van der Waals surface area contributed by atoms with Gasteiger partial charge in [-0.05, 0) is 37.3 Å². The number of pyridine rings is 1. The van der Waals surface area contributed by atoms with Crippen molar-refractivity contribution in [2.75, 3.05) is 38.0 Å². The summed E-state index contributed by atoms with van der Waals surface area (Å²) < 4.78 is 0.